The molecule has 1 amide bonds. The molecule has 1 saturated carbocycles. The SMILES string of the molecule is CC(C)(C)OC(=O)NC1(CC(C)(C)C(=O)O)CCCC1. The Morgan fingerprint density at radius 3 is 2.05 bits per heavy atom. The number of carboxylic acids is 1. The number of hydrogen-bond donors (Lipinski definition) is 2. The molecule has 116 valence electrons. The zero-order valence-corrected chi connectivity index (χ0v) is 13.2. The number of amides is 1. The smallest absolute Gasteiger partial charge is 0.408 e. The van der Waals surface area contributed by atoms with Crippen molar-refractivity contribution < 1.29 is 19.4 Å². The Labute approximate surface area is 121 Å². The molecule has 0 bridgehead atoms. The fourth-order valence-corrected chi connectivity index (χ4v) is 2.84. The predicted octanol–water partition coefficient (Wildman–Crippen LogP) is 3.32. The summed E-state index contributed by atoms with van der Waals surface area (Å²) in [5, 5.41) is 12.2. The van der Waals surface area contributed by atoms with Gasteiger partial charge < -0.3 is 15.2 Å². The van der Waals surface area contributed by atoms with Gasteiger partial charge in [-0.1, -0.05) is 12.8 Å². The maximum atomic E-state index is 12.0. The van der Waals surface area contributed by atoms with Crippen LogP contribution in [-0.2, 0) is 9.53 Å². The molecule has 0 atom stereocenters. The quantitative estimate of drug-likeness (QED) is 0.830. The van der Waals surface area contributed by atoms with Crippen molar-refractivity contribution in [1.29, 1.82) is 0 Å². The summed E-state index contributed by atoms with van der Waals surface area (Å²) >= 11 is 0. The van der Waals surface area contributed by atoms with Crippen LogP contribution in [-0.4, -0.2) is 28.3 Å². The van der Waals surface area contributed by atoms with E-state index in [0.717, 1.165) is 25.7 Å². The van der Waals surface area contributed by atoms with Crippen LogP contribution in [0.3, 0.4) is 0 Å². The normalized spacial score (nSPS) is 18.6. The lowest BCUT2D eigenvalue weighted by Crippen LogP contribution is -2.51. The summed E-state index contributed by atoms with van der Waals surface area (Å²) in [5.41, 5.74) is -1.87. The van der Waals surface area contributed by atoms with E-state index in [2.05, 4.69) is 5.32 Å². The summed E-state index contributed by atoms with van der Waals surface area (Å²) in [6, 6.07) is 0. The number of alkyl carbamates (subject to hydrolysis) is 1. The average Bonchev–Trinajstić information content (AvgIpc) is 2.61. The number of rotatable bonds is 4. The molecule has 5 heteroatoms. The van der Waals surface area contributed by atoms with Crippen LogP contribution in [0.25, 0.3) is 0 Å². The standard InChI is InChI=1S/C15H27NO4/c1-13(2,3)20-12(19)16-15(8-6-7-9-15)10-14(4,5)11(17)18/h6-10H2,1-5H3,(H,16,19)(H,17,18). The summed E-state index contributed by atoms with van der Waals surface area (Å²) < 4.78 is 5.30. The third-order valence-corrected chi connectivity index (χ3v) is 3.69. The van der Waals surface area contributed by atoms with E-state index in [0.29, 0.717) is 6.42 Å². The topological polar surface area (TPSA) is 75.6 Å². The van der Waals surface area contributed by atoms with E-state index >= 15 is 0 Å². The van der Waals surface area contributed by atoms with Crippen LogP contribution in [0.5, 0.6) is 0 Å². The molecule has 1 aliphatic rings. The number of nitrogens with one attached hydrogen (secondary N) is 1. The van der Waals surface area contributed by atoms with Gasteiger partial charge in [-0.05, 0) is 53.9 Å². The van der Waals surface area contributed by atoms with Crippen LogP contribution < -0.4 is 5.32 Å². The number of hydrogen-bond acceptors (Lipinski definition) is 3. The highest BCUT2D eigenvalue weighted by Crippen LogP contribution is 2.39. The number of aliphatic carboxylic acids is 1. The monoisotopic (exact) mass is 285 g/mol. The molecule has 0 saturated heterocycles. The van der Waals surface area contributed by atoms with E-state index in [9.17, 15) is 14.7 Å². The van der Waals surface area contributed by atoms with E-state index in [1.165, 1.54) is 0 Å². The van der Waals surface area contributed by atoms with Crippen molar-refractivity contribution in [1.82, 2.24) is 5.32 Å². The lowest BCUT2D eigenvalue weighted by molar-refractivity contribution is -0.148. The van der Waals surface area contributed by atoms with E-state index in [1.807, 2.05) is 20.8 Å². The number of carbonyl (C=O) groups excluding carboxylic acids is 1. The summed E-state index contributed by atoms with van der Waals surface area (Å²) in [7, 11) is 0. The second kappa shape index (κ2) is 5.62. The number of ether oxygens (including phenoxy) is 1. The Bertz CT molecular complexity index is 376. The van der Waals surface area contributed by atoms with Crippen LogP contribution in [0.4, 0.5) is 4.79 Å². The lowest BCUT2D eigenvalue weighted by Gasteiger charge is -2.36. The molecule has 1 fully saturated rings. The largest absolute Gasteiger partial charge is 0.481 e. The van der Waals surface area contributed by atoms with E-state index in [1.54, 1.807) is 13.8 Å². The molecule has 0 unspecified atom stereocenters. The van der Waals surface area contributed by atoms with Crippen molar-refractivity contribution in [2.45, 2.75) is 77.9 Å². The summed E-state index contributed by atoms with van der Waals surface area (Å²) in [6.07, 6.45) is 3.60. The van der Waals surface area contributed by atoms with Crippen LogP contribution in [0.15, 0.2) is 0 Å². The van der Waals surface area contributed by atoms with Gasteiger partial charge in [-0.15, -0.1) is 0 Å². The van der Waals surface area contributed by atoms with Crippen molar-refractivity contribution >= 4 is 12.1 Å². The van der Waals surface area contributed by atoms with Crippen molar-refractivity contribution in [3.05, 3.63) is 0 Å². The van der Waals surface area contributed by atoms with Crippen LogP contribution in [0.1, 0.15) is 66.7 Å². The average molecular weight is 285 g/mol. The first-order valence-electron chi connectivity index (χ1n) is 7.20. The van der Waals surface area contributed by atoms with Crippen molar-refractivity contribution in [3.63, 3.8) is 0 Å². The van der Waals surface area contributed by atoms with Gasteiger partial charge in [-0.3, -0.25) is 4.79 Å². The van der Waals surface area contributed by atoms with Crippen LogP contribution >= 0.6 is 0 Å². The van der Waals surface area contributed by atoms with Gasteiger partial charge in [0.2, 0.25) is 0 Å². The van der Waals surface area contributed by atoms with E-state index in [-0.39, 0.29) is 0 Å². The minimum Gasteiger partial charge on any atom is -0.481 e. The first-order chi connectivity index (χ1) is 8.96. The Kier molecular flexibility index (Phi) is 4.72. The molecular formula is C15H27NO4. The van der Waals surface area contributed by atoms with E-state index < -0.39 is 28.6 Å². The van der Waals surface area contributed by atoms with Gasteiger partial charge in [0.25, 0.3) is 0 Å². The lowest BCUT2D eigenvalue weighted by atomic mass is 9.77. The van der Waals surface area contributed by atoms with Crippen LogP contribution in [0.2, 0.25) is 0 Å². The molecule has 0 aromatic carbocycles. The molecule has 1 rings (SSSR count). The van der Waals surface area contributed by atoms with Gasteiger partial charge in [0.15, 0.2) is 0 Å². The highest BCUT2D eigenvalue weighted by Gasteiger charge is 2.43. The molecule has 5 nitrogen and oxygen atoms in total. The van der Waals surface area contributed by atoms with Gasteiger partial charge in [0.1, 0.15) is 5.60 Å². The summed E-state index contributed by atoms with van der Waals surface area (Å²) in [5.74, 6) is -0.838. The second-order valence-corrected chi connectivity index (χ2v) is 7.48. The van der Waals surface area contributed by atoms with Crippen LogP contribution in [0, 0.1) is 5.41 Å². The molecule has 0 aromatic rings. The third kappa shape index (κ3) is 4.69. The highest BCUT2D eigenvalue weighted by molar-refractivity contribution is 5.74. The third-order valence-electron chi connectivity index (χ3n) is 3.69. The maximum absolute atomic E-state index is 12.0. The molecule has 0 spiro atoms. The molecule has 20 heavy (non-hydrogen) atoms. The fraction of sp³-hybridized carbons (Fsp3) is 0.867. The maximum Gasteiger partial charge on any atom is 0.408 e. The Hall–Kier alpha value is -1.26. The van der Waals surface area contributed by atoms with E-state index in [4.69, 9.17) is 4.74 Å². The van der Waals surface area contributed by atoms with Gasteiger partial charge >= 0.3 is 12.1 Å². The fourth-order valence-electron chi connectivity index (χ4n) is 2.84. The number of carboxylic acid groups (broad SMARTS) is 1. The van der Waals surface area contributed by atoms with Gasteiger partial charge in [0.05, 0.1) is 5.41 Å². The Morgan fingerprint density at radius 1 is 1.15 bits per heavy atom. The van der Waals surface area contributed by atoms with Gasteiger partial charge in [-0.2, -0.15) is 0 Å². The minimum atomic E-state index is -0.862. The molecule has 0 radical (unpaired) electrons. The zero-order valence-electron chi connectivity index (χ0n) is 13.2. The van der Waals surface area contributed by atoms with Crippen molar-refractivity contribution in [2.75, 3.05) is 0 Å². The first kappa shape index (κ1) is 16.8. The second-order valence-electron chi connectivity index (χ2n) is 7.48. The summed E-state index contributed by atoms with van der Waals surface area (Å²) in [6.45, 7) is 8.84. The zero-order chi connectivity index (χ0) is 15.6. The molecule has 1 aliphatic carbocycles. The first-order valence-corrected chi connectivity index (χ1v) is 7.20. The molecule has 0 aromatic heterocycles. The molecule has 2 N–H and O–H groups in total. The van der Waals surface area contributed by atoms with Gasteiger partial charge in [0, 0.05) is 5.54 Å². The highest BCUT2D eigenvalue weighted by atomic mass is 16.6. The molecule has 0 aliphatic heterocycles. The van der Waals surface area contributed by atoms with Crippen molar-refractivity contribution in [3.8, 4) is 0 Å². The Balaban J connectivity index is 2.78. The molecule has 0 heterocycles. The molecular weight excluding hydrogens is 258 g/mol. The Morgan fingerprint density at radius 2 is 1.65 bits per heavy atom. The predicted molar refractivity (Wildman–Crippen MR) is 76.6 cm³/mol. The number of carbonyl (C=O) groups is 2. The van der Waals surface area contributed by atoms with Gasteiger partial charge in [-0.25, -0.2) is 4.79 Å². The minimum absolute atomic E-state index is 0.425. The van der Waals surface area contributed by atoms with Crippen molar-refractivity contribution in [2.24, 2.45) is 5.41 Å². The summed E-state index contributed by atoms with van der Waals surface area (Å²) in [4.78, 5) is 23.3.